The lowest BCUT2D eigenvalue weighted by atomic mass is 10.1. The molecule has 0 aliphatic carbocycles. The highest BCUT2D eigenvalue weighted by atomic mass is 35.5. The quantitative estimate of drug-likeness (QED) is 0.779. The lowest BCUT2D eigenvalue weighted by Crippen LogP contribution is -2.39. The van der Waals surface area contributed by atoms with Gasteiger partial charge >= 0.3 is 12.2 Å². The zero-order valence-corrected chi connectivity index (χ0v) is 13.3. The van der Waals surface area contributed by atoms with E-state index in [9.17, 15) is 18.0 Å². The summed E-state index contributed by atoms with van der Waals surface area (Å²) in [5.41, 5.74) is -0.839. The number of urea groups is 1. The Morgan fingerprint density at radius 3 is 2.74 bits per heavy atom. The fourth-order valence-electron chi connectivity index (χ4n) is 2.24. The third-order valence-electron chi connectivity index (χ3n) is 3.24. The first-order valence-electron chi connectivity index (χ1n) is 7.02. The molecular formula is C14H19ClF3N3O2. The van der Waals surface area contributed by atoms with E-state index in [2.05, 4.69) is 16.0 Å². The van der Waals surface area contributed by atoms with Gasteiger partial charge in [-0.2, -0.15) is 13.2 Å². The first kappa shape index (κ1) is 19.4. The number of ether oxygens (including phenoxy) is 1. The number of amides is 2. The molecule has 1 aromatic carbocycles. The molecule has 9 heteroatoms. The Bertz CT molecular complexity index is 534. The monoisotopic (exact) mass is 353 g/mol. The van der Waals surface area contributed by atoms with Crippen LogP contribution in [0.3, 0.4) is 0 Å². The molecule has 1 heterocycles. The maximum absolute atomic E-state index is 13.0. The molecule has 0 spiro atoms. The van der Waals surface area contributed by atoms with Crippen molar-refractivity contribution in [2.45, 2.75) is 25.6 Å². The van der Waals surface area contributed by atoms with Crippen molar-refractivity contribution >= 4 is 24.1 Å². The van der Waals surface area contributed by atoms with Crippen molar-refractivity contribution in [1.29, 1.82) is 0 Å². The third kappa shape index (κ3) is 5.47. The van der Waals surface area contributed by atoms with Crippen molar-refractivity contribution in [2.24, 2.45) is 0 Å². The number of alkyl halides is 3. The van der Waals surface area contributed by atoms with Crippen molar-refractivity contribution in [3.63, 3.8) is 0 Å². The predicted molar refractivity (Wildman–Crippen MR) is 83.3 cm³/mol. The Balaban J connectivity index is 0.00000264. The highest BCUT2D eigenvalue weighted by Crippen LogP contribution is 2.37. The van der Waals surface area contributed by atoms with E-state index >= 15 is 0 Å². The fourth-order valence-corrected chi connectivity index (χ4v) is 2.24. The first-order valence-corrected chi connectivity index (χ1v) is 7.02. The number of carbonyl (C=O) groups is 1. The number of nitrogens with one attached hydrogen (secondary N) is 3. The van der Waals surface area contributed by atoms with Crippen LogP contribution < -0.4 is 20.7 Å². The van der Waals surface area contributed by atoms with Gasteiger partial charge in [0.25, 0.3) is 0 Å². The maximum atomic E-state index is 13.0. The molecule has 2 amide bonds. The Kier molecular flexibility index (Phi) is 6.96. The summed E-state index contributed by atoms with van der Waals surface area (Å²) in [5.74, 6) is -0.249. The molecule has 1 aromatic rings. The largest absolute Gasteiger partial charge is 0.493 e. The van der Waals surface area contributed by atoms with E-state index in [1.165, 1.54) is 12.1 Å². The molecule has 23 heavy (non-hydrogen) atoms. The van der Waals surface area contributed by atoms with Gasteiger partial charge < -0.3 is 20.7 Å². The van der Waals surface area contributed by atoms with Crippen LogP contribution in [0.25, 0.3) is 0 Å². The van der Waals surface area contributed by atoms with Crippen LogP contribution in [0.2, 0.25) is 0 Å². The highest BCUT2D eigenvalue weighted by molar-refractivity contribution is 5.89. The molecule has 0 saturated carbocycles. The molecule has 1 fully saturated rings. The molecule has 1 atom stereocenters. The average molecular weight is 354 g/mol. The van der Waals surface area contributed by atoms with Gasteiger partial charge in [0.2, 0.25) is 0 Å². The average Bonchev–Trinajstić information content (AvgIpc) is 2.92. The molecule has 0 bridgehead atoms. The molecule has 1 aliphatic rings. The Morgan fingerprint density at radius 2 is 2.17 bits per heavy atom. The minimum atomic E-state index is -4.55. The molecule has 0 radical (unpaired) electrons. The van der Waals surface area contributed by atoms with Gasteiger partial charge in [0, 0.05) is 18.3 Å². The van der Waals surface area contributed by atoms with Crippen molar-refractivity contribution in [2.75, 3.05) is 25.0 Å². The summed E-state index contributed by atoms with van der Waals surface area (Å²) >= 11 is 0. The van der Waals surface area contributed by atoms with Crippen LogP contribution in [-0.2, 0) is 6.18 Å². The van der Waals surface area contributed by atoms with Crippen LogP contribution in [-0.4, -0.2) is 31.8 Å². The normalized spacial score (nSPS) is 17.3. The summed E-state index contributed by atoms with van der Waals surface area (Å²) in [6.45, 7) is 3.21. The van der Waals surface area contributed by atoms with E-state index < -0.39 is 17.8 Å². The predicted octanol–water partition coefficient (Wildman–Crippen LogP) is 3.01. The summed E-state index contributed by atoms with van der Waals surface area (Å²) in [6, 6.07) is 2.93. The van der Waals surface area contributed by atoms with Gasteiger partial charge in [-0.25, -0.2) is 4.79 Å². The van der Waals surface area contributed by atoms with Crippen molar-refractivity contribution in [3.8, 4) is 5.75 Å². The zero-order valence-electron chi connectivity index (χ0n) is 12.5. The van der Waals surface area contributed by atoms with Gasteiger partial charge in [0.05, 0.1) is 12.2 Å². The fraction of sp³-hybridized carbons (Fsp3) is 0.500. The number of rotatable bonds is 4. The minimum Gasteiger partial charge on any atom is -0.493 e. The lowest BCUT2D eigenvalue weighted by molar-refractivity contribution is -0.138. The first-order chi connectivity index (χ1) is 10.4. The van der Waals surface area contributed by atoms with Crippen molar-refractivity contribution in [1.82, 2.24) is 10.6 Å². The number of halogens is 4. The molecule has 0 unspecified atom stereocenters. The molecule has 2 rings (SSSR count). The van der Waals surface area contributed by atoms with E-state index in [4.69, 9.17) is 4.74 Å². The standard InChI is InChI=1S/C14H18F3N3O2.ClH/c1-2-22-12-4-3-9(7-11(12)14(15,16)17)19-13(21)20-10-5-6-18-8-10;/h3-4,7,10,18H,2,5-6,8H2,1H3,(H2,19,20,21);1H/t10-;/m1./s1. The second kappa shape index (κ2) is 8.26. The Hall–Kier alpha value is -1.67. The van der Waals surface area contributed by atoms with E-state index in [0.29, 0.717) is 6.54 Å². The van der Waals surface area contributed by atoms with Crippen molar-refractivity contribution in [3.05, 3.63) is 23.8 Å². The van der Waals surface area contributed by atoms with Crippen LogP contribution in [0.5, 0.6) is 5.75 Å². The summed E-state index contributed by atoms with van der Waals surface area (Å²) in [4.78, 5) is 11.8. The maximum Gasteiger partial charge on any atom is 0.420 e. The van der Waals surface area contributed by atoms with Gasteiger partial charge in [0.15, 0.2) is 0 Å². The van der Waals surface area contributed by atoms with Gasteiger partial charge in [-0.3, -0.25) is 0 Å². The van der Waals surface area contributed by atoms with Crippen LogP contribution in [0.4, 0.5) is 23.7 Å². The lowest BCUT2D eigenvalue weighted by Gasteiger charge is -2.16. The minimum absolute atomic E-state index is 0. The number of hydrogen-bond donors (Lipinski definition) is 3. The molecule has 0 aromatic heterocycles. The number of benzene rings is 1. The number of anilines is 1. The summed E-state index contributed by atoms with van der Waals surface area (Å²) in [5, 5.41) is 8.20. The molecule has 1 aliphatic heterocycles. The molecular weight excluding hydrogens is 335 g/mol. The molecule has 130 valence electrons. The topological polar surface area (TPSA) is 62.4 Å². The molecule has 5 nitrogen and oxygen atoms in total. The van der Waals surface area contributed by atoms with Crippen LogP contribution >= 0.6 is 12.4 Å². The highest BCUT2D eigenvalue weighted by Gasteiger charge is 2.34. The van der Waals surface area contributed by atoms with E-state index in [-0.39, 0.29) is 36.5 Å². The zero-order chi connectivity index (χ0) is 16.2. The number of hydrogen-bond acceptors (Lipinski definition) is 3. The summed E-state index contributed by atoms with van der Waals surface area (Å²) < 4.78 is 44.0. The summed E-state index contributed by atoms with van der Waals surface area (Å²) in [6.07, 6.45) is -3.75. The van der Waals surface area contributed by atoms with Gasteiger partial charge in [-0.15, -0.1) is 12.4 Å². The van der Waals surface area contributed by atoms with Gasteiger partial charge in [-0.05, 0) is 38.1 Å². The second-order valence-corrected chi connectivity index (χ2v) is 4.93. The smallest absolute Gasteiger partial charge is 0.420 e. The Labute approximate surface area is 138 Å². The van der Waals surface area contributed by atoms with Crippen LogP contribution in [0.15, 0.2) is 18.2 Å². The molecule has 1 saturated heterocycles. The van der Waals surface area contributed by atoms with Crippen molar-refractivity contribution < 1.29 is 22.7 Å². The number of carbonyl (C=O) groups excluding carboxylic acids is 1. The van der Waals surface area contributed by atoms with E-state index in [1.807, 2.05) is 0 Å². The molecule has 3 N–H and O–H groups in total. The summed E-state index contributed by atoms with van der Waals surface area (Å²) in [7, 11) is 0. The third-order valence-corrected chi connectivity index (χ3v) is 3.24. The van der Waals surface area contributed by atoms with E-state index in [1.54, 1.807) is 6.92 Å². The SMILES string of the molecule is CCOc1ccc(NC(=O)N[C@@H]2CCNC2)cc1C(F)(F)F.Cl. The van der Waals surface area contributed by atoms with Crippen LogP contribution in [0.1, 0.15) is 18.9 Å². The van der Waals surface area contributed by atoms with E-state index in [0.717, 1.165) is 19.0 Å². The van der Waals surface area contributed by atoms with Gasteiger partial charge in [-0.1, -0.05) is 0 Å². The van der Waals surface area contributed by atoms with Crippen LogP contribution in [0, 0.1) is 0 Å². The second-order valence-electron chi connectivity index (χ2n) is 4.93. The van der Waals surface area contributed by atoms with Gasteiger partial charge in [0.1, 0.15) is 5.75 Å². The Morgan fingerprint density at radius 1 is 1.43 bits per heavy atom.